The molecule has 0 spiro atoms. The molecule has 144 valence electrons. The van der Waals surface area contributed by atoms with Crippen molar-refractivity contribution < 1.29 is 32.5 Å². The van der Waals surface area contributed by atoms with Crippen molar-refractivity contribution >= 4 is 9.84 Å². The fourth-order valence-electron chi connectivity index (χ4n) is 2.49. The van der Waals surface area contributed by atoms with Crippen molar-refractivity contribution in [1.29, 1.82) is 0 Å². The summed E-state index contributed by atoms with van der Waals surface area (Å²) < 4.78 is 44.2. The van der Waals surface area contributed by atoms with Gasteiger partial charge in [-0.15, -0.1) is 0 Å². The Bertz CT molecular complexity index is 404. The maximum Gasteiger partial charge on any atom is 0.152 e. The maximum absolute atomic E-state index is 11.5. The smallest absolute Gasteiger partial charge is 0.152 e. The quantitative estimate of drug-likeness (QED) is 0.420. The van der Waals surface area contributed by atoms with Crippen LogP contribution in [0.4, 0.5) is 0 Å². The molecule has 0 amide bonds. The molecule has 0 aromatic heterocycles. The molecule has 0 saturated carbocycles. The third-order valence-corrected chi connectivity index (χ3v) is 5.60. The largest absolute Gasteiger partial charge is 0.395 e. The zero-order valence-corrected chi connectivity index (χ0v) is 15.5. The van der Waals surface area contributed by atoms with Gasteiger partial charge in [0.15, 0.2) is 9.84 Å². The lowest BCUT2D eigenvalue weighted by molar-refractivity contribution is -0.0485. The molecule has 9 heteroatoms. The van der Waals surface area contributed by atoms with Crippen LogP contribution in [0.3, 0.4) is 0 Å². The van der Waals surface area contributed by atoms with Crippen molar-refractivity contribution in [3.8, 4) is 0 Å². The first kappa shape index (κ1) is 21.8. The van der Waals surface area contributed by atoms with E-state index in [0.29, 0.717) is 52.7 Å². The van der Waals surface area contributed by atoms with Crippen LogP contribution in [0.1, 0.15) is 6.92 Å². The molecule has 0 aliphatic carbocycles. The molecule has 0 aromatic rings. The fourth-order valence-corrected chi connectivity index (χ4v) is 3.72. The lowest BCUT2D eigenvalue weighted by Gasteiger charge is -2.36. The first-order valence-electron chi connectivity index (χ1n) is 8.31. The number of aliphatic hydroxyl groups is 1. The zero-order chi connectivity index (χ0) is 17.8. The van der Waals surface area contributed by atoms with E-state index >= 15 is 0 Å². The Morgan fingerprint density at radius 2 is 1.54 bits per heavy atom. The minimum atomic E-state index is -2.92. The second-order valence-corrected chi connectivity index (χ2v) is 8.03. The van der Waals surface area contributed by atoms with Gasteiger partial charge in [-0.05, 0) is 6.92 Å². The summed E-state index contributed by atoms with van der Waals surface area (Å²) in [5.41, 5.74) is 0. The third kappa shape index (κ3) is 8.70. The summed E-state index contributed by atoms with van der Waals surface area (Å²) in [7, 11) is -1.30. The number of ether oxygens (including phenoxy) is 4. The Morgan fingerprint density at radius 3 is 2.08 bits per heavy atom. The van der Waals surface area contributed by atoms with Crippen LogP contribution in [0, 0.1) is 0 Å². The summed E-state index contributed by atoms with van der Waals surface area (Å²) in [5, 5.41) is 9.59. The number of methoxy groups -OCH3 is 1. The Kier molecular flexibility index (Phi) is 11.0. The fraction of sp³-hybridized carbons (Fsp3) is 1.00. The molecule has 1 N–H and O–H groups in total. The lowest BCUT2D eigenvalue weighted by atomic mass is 10.1. The highest BCUT2D eigenvalue weighted by Crippen LogP contribution is 2.13. The molecule has 8 nitrogen and oxygen atoms in total. The van der Waals surface area contributed by atoms with Crippen LogP contribution >= 0.6 is 0 Å². The molecule has 1 heterocycles. The van der Waals surface area contributed by atoms with E-state index in [1.165, 1.54) is 0 Å². The standard InChI is InChI=1S/C15H31NO7S/c1-14(23-10-9-22-8-7-21-6-5-20-2)15(13-17)16-3-11-24(18,19)12-4-16/h14-15,17H,3-13H2,1-2H3/t14-,15?/m1/s1. The van der Waals surface area contributed by atoms with E-state index in [9.17, 15) is 13.5 Å². The molecule has 1 aliphatic rings. The average molecular weight is 369 g/mol. The van der Waals surface area contributed by atoms with Crippen LogP contribution in [0.2, 0.25) is 0 Å². The van der Waals surface area contributed by atoms with Gasteiger partial charge in [0.25, 0.3) is 0 Å². The highest BCUT2D eigenvalue weighted by atomic mass is 32.2. The van der Waals surface area contributed by atoms with E-state index in [4.69, 9.17) is 18.9 Å². The van der Waals surface area contributed by atoms with Crippen molar-refractivity contribution in [1.82, 2.24) is 4.90 Å². The van der Waals surface area contributed by atoms with Crippen molar-refractivity contribution in [2.24, 2.45) is 0 Å². The predicted octanol–water partition coefficient (Wildman–Crippen LogP) is -0.838. The Labute approximate surface area is 144 Å². The number of nitrogens with zero attached hydrogens (tertiary/aromatic N) is 1. The zero-order valence-electron chi connectivity index (χ0n) is 14.7. The minimum absolute atomic E-state index is 0.0601. The van der Waals surface area contributed by atoms with Crippen molar-refractivity contribution in [3.05, 3.63) is 0 Å². The predicted molar refractivity (Wildman–Crippen MR) is 90.0 cm³/mol. The van der Waals surface area contributed by atoms with Crippen LogP contribution in [0.15, 0.2) is 0 Å². The monoisotopic (exact) mass is 369 g/mol. The van der Waals surface area contributed by atoms with E-state index < -0.39 is 9.84 Å². The van der Waals surface area contributed by atoms with Gasteiger partial charge in [0.1, 0.15) is 0 Å². The second-order valence-electron chi connectivity index (χ2n) is 5.73. The molecule has 1 rings (SSSR count). The van der Waals surface area contributed by atoms with Crippen LogP contribution < -0.4 is 0 Å². The second kappa shape index (κ2) is 12.1. The van der Waals surface area contributed by atoms with Crippen LogP contribution in [0.25, 0.3) is 0 Å². The summed E-state index contributed by atoms with van der Waals surface area (Å²) in [6, 6.07) is -0.196. The Hall–Kier alpha value is -0.290. The summed E-state index contributed by atoms with van der Waals surface area (Å²) >= 11 is 0. The van der Waals surface area contributed by atoms with E-state index in [2.05, 4.69) is 0 Å². The third-order valence-electron chi connectivity index (χ3n) is 3.99. The topological polar surface area (TPSA) is 94.5 Å². The Balaban J connectivity index is 2.13. The van der Waals surface area contributed by atoms with Crippen LogP contribution in [-0.4, -0.2) is 109 Å². The molecular formula is C15H31NO7S. The molecule has 0 bridgehead atoms. The van der Waals surface area contributed by atoms with E-state index in [1.807, 2.05) is 11.8 Å². The highest BCUT2D eigenvalue weighted by Gasteiger charge is 2.30. The molecule has 0 aromatic carbocycles. The first-order chi connectivity index (χ1) is 11.5. The molecule has 1 aliphatic heterocycles. The van der Waals surface area contributed by atoms with Gasteiger partial charge in [-0.3, -0.25) is 4.90 Å². The van der Waals surface area contributed by atoms with E-state index in [0.717, 1.165) is 0 Å². The summed E-state index contributed by atoms with van der Waals surface area (Å²) in [4.78, 5) is 1.98. The summed E-state index contributed by atoms with van der Waals surface area (Å²) in [5.74, 6) is 0.283. The lowest BCUT2D eigenvalue weighted by Crippen LogP contribution is -2.52. The number of hydrogen-bond acceptors (Lipinski definition) is 8. The summed E-state index contributed by atoms with van der Waals surface area (Å²) in [6.45, 7) is 5.71. The van der Waals surface area contributed by atoms with Crippen molar-refractivity contribution in [2.45, 2.75) is 19.1 Å². The molecule has 24 heavy (non-hydrogen) atoms. The van der Waals surface area contributed by atoms with E-state index in [1.54, 1.807) is 7.11 Å². The van der Waals surface area contributed by atoms with Crippen molar-refractivity contribution in [2.75, 3.05) is 78.0 Å². The molecular weight excluding hydrogens is 338 g/mol. The molecule has 1 unspecified atom stereocenters. The van der Waals surface area contributed by atoms with Gasteiger partial charge in [0.2, 0.25) is 0 Å². The molecule has 1 saturated heterocycles. The van der Waals surface area contributed by atoms with Crippen molar-refractivity contribution in [3.63, 3.8) is 0 Å². The van der Waals surface area contributed by atoms with Gasteiger partial charge in [0.05, 0.1) is 69.9 Å². The molecule has 0 radical (unpaired) electrons. The Morgan fingerprint density at radius 1 is 1.00 bits per heavy atom. The normalized spacial score (nSPS) is 20.8. The number of aliphatic hydroxyl groups excluding tert-OH is 1. The van der Waals surface area contributed by atoms with Gasteiger partial charge < -0.3 is 24.1 Å². The maximum atomic E-state index is 11.5. The first-order valence-corrected chi connectivity index (χ1v) is 10.1. The SMILES string of the molecule is COCCOCCOCCO[C@H](C)C(CO)N1CCS(=O)(=O)CC1. The minimum Gasteiger partial charge on any atom is -0.395 e. The number of sulfone groups is 1. The highest BCUT2D eigenvalue weighted by molar-refractivity contribution is 7.91. The van der Waals surface area contributed by atoms with Gasteiger partial charge in [0, 0.05) is 20.2 Å². The average Bonchev–Trinajstić information content (AvgIpc) is 2.55. The van der Waals surface area contributed by atoms with Gasteiger partial charge in [-0.1, -0.05) is 0 Å². The van der Waals surface area contributed by atoms with Gasteiger partial charge in [-0.2, -0.15) is 0 Å². The molecule has 2 atom stereocenters. The van der Waals surface area contributed by atoms with Crippen LogP contribution in [-0.2, 0) is 28.8 Å². The number of hydrogen-bond donors (Lipinski definition) is 1. The van der Waals surface area contributed by atoms with E-state index in [-0.39, 0.29) is 30.3 Å². The molecule has 1 fully saturated rings. The van der Waals surface area contributed by atoms with Gasteiger partial charge in [-0.25, -0.2) is 8.42 Å². The summed E-state index contributed by atoms with van der Waals surface area (Å²) in [6.07, 6.45) is -0.197. The number of rotatable bonds is 13. The van der Waals surface area contributed by atoms with Crippen LogP contribution in [0.5, 0.6) is 0 Å². The van der Waals surface area contributed by atoms with Gasteiger partial charge >= 0.3 is 0 Å².